The predicted octanol–water partition coefficient (Wildman–Crippen LogP) is 1.92. The summed E-state index contributed by atoms with van der Waals surface area (Å²) in [7, 11) is -3.64. The summed E-state index contributed by atoms with van der Waals surface area (Å²) in [5.74, 6) is 0.180. The zero-order valence-corrected chi connectivity index (χ0v) is 13.4. The molecule has 0 spiro atoms. The Bertz CT molecular complexity index is 717. The van der Waals surface area contributed by atoms with Crippen LogP contribution in [-0.2, 0) is 14.8 Å². The Labute approximate surface area is 136 Å². The second kappa shape index (κ2) is 7.16. The molecule has 0 unspecified atom stereocenters. The molecule has 122 valence electrons. The van der Waals surface area contributed by atoms with E-state index in [-0.39, 0.29) is 16.9 Å². The van der Waals surface area contributed by atoms with Gasteiger partial charge in [-0.05, 0) is 42.5 Å². The first kappa shape index (κ1) is 16.0. The fraction of sp³-hybridized carbons (Fsp3) is 0.375. The van der Waals surface area contributed by atoms with E-state index in [2.05, 4.69) is 14.7 Å². The summed E-state index contributed by atoms with van der Waals surface area (Å²) in [6.45, 7) is 1.30. The van der Waals surface area contributed by atoms with Gasteiger partial charge in [-0.15, -0.1) is 0 Å². The number of aromatic nitrogens is 2. The third-order valence-electron chi connectivity index (χ3n) is 4.01. The minimum Gasteiger partial charge on any atom is -0.381 e. The summed E-state index contributed by atoms with van der Waals surface area (Å²) < 4.78 is 33.5. The van der Waals surface area contributed by atoms with Crippen LogP contribution in [0.25, 0.3) is 0 Å². The second-order valence-corrected chi connectivity index (χ2v) is 7.24. The minimum atomic E-state index is -3.64. The van der Waals surface area contributed by atoms with Gasteiger partial charge < -0.3 is 4.74 Å². The highest BCUT2D eigenvalue weighted by molar-refractivity contribution is 7.89. The van der Waals surface area contributed by atoms with Crippen LogP contribution in [-0.4, -0.2) is 31.6 Å². The first-order valence-corrected chi connectivity index (χ1v) is 9.05. The van der Waals surface area contributed by atoms with Gasteiger partial charge in [0.1, 0.15) is 4.90 Å². The van der Waals surface area contributed by atoms with Crippen molar-refractivity contribution in [3.05, 3.63) is 54.6 Å². The van der Waals surface area contributed by atoms with Crippen molar-refractivity contribution >= 4 is 10.0 Å². The molecule has 7 heteroatoms. The number of hydrogen-bond donors (Lipinski definition) is 1. The van der Waals surface area contributed by atoms with Crippen LogP contribution in [0.15, 0.2) is 53.9 Å². The van der Waals surface area contributed by atoms with Gasteiger partial charge in [-0.2, -0.15) is 0 Å². The summed E-state index contributed by atoms with van der Waals surface area (Å²) in [4.78, 5) is 8.18. The number of nitrogens with one attached hydrogen (secondary N) is 1. The van der Waals surface area contributed by atoms with Gasteiger partial charge in [0, 0.05) is 38.0 Å². The lowest BCUT2D eigenvalue weighted by Gasteiger charge is -2.30. The zero-order valence-electron chi connectivity index (χ0n) is 12.6. The quantitative estimate of drug-likeness (QED) is 0.904. The summed E-state index contributed by atoms with van der Waals surface area (Å²) in [6.07, 6.45) is 7.93. The van der Waals surface area contributed by atoms with Crippen LogP contribution in [0.5, 0.6) is 0 Å². The van der Waals surface area contributed by atoms with Crippen LogP contribution in [0, 0.1) is 5.92 Å². The molecule has 1 aliphatic heterocycles. The Morgan fingerprint density at radius 1 is 1.09 bits per heavy atom. The molecule has 1 fully saturated rings. The lowest BCUT2D eigenvalue weighted by atomic mass is 9.88. The maximum Gasteiger partial charge on any atom is 0.242 e. The SMILES string of the molecule is O=S(=O)(N[C@@H](c1cccnc1)C1CCOCC1)c1cccnc1. The van der Waals surface area contributed by atoms with Crippen LogP contribution >= 0.6 is 0 Å². The number of hydrogen-bond acceptors (Lipinski definition) is 5. The van der Waals surface area contributed by atoms with Crippen molar-refractivity contribution in [3.63, 3.8) is 0 Å². The number of sulfonamides is 1. The lowest BCUT2D eigenvalue weighted by Crippen LogP contribution is -2.36. The Balaban J connectivity index is 1.89. The van der Waals surface area contributed by atoms with E-state index in [0.29, 0.717) is 13.2 Å². The predicted molar refractivity (Wildman–Crippen MR) is 85.1 cm³/mol. The first-order chi connectivity index (χ1) is 11.2. The molecular weight excluding hydrogens is 314 g/mol. The second-order valence-electron chi connectivity index (χ2n) is 5.52. The van der Waals surface area contributed by atoms with E-state index in [4.69, 9.17) is 4.74 Å². The van der Waals surface area contributed by atoms with E-state index >= 15 is 0 Å². The summed E-state index contributed by atoms with van der Waals surface area (Å²) >= 11 is 0. The van der Waals surface area contributed by atoms with Gasteiger partial charge in [0.2, 0.25) is 10.0 Å². The van der Waals surface area contributed by atoms with Crippen LogP contribution in [0.1, 0.15) is 24.4 Å². The molecule has 1 N–H and O–H groups in total. The Morgan fingerprint density at radius 3 is 2.39 bits per heavy atom. The lowest BCUT2D eigenvalue weighted by molar-refractivity contribution is 0.0564. The topological polar surface area (TPSA) is 81.2 Å². The Morgan fingerprint density at radius 2 is 1.78 bits per heavy atom. The fourth-order valence-electron chi connectivity index (χ4n) is 2.79. The first-order valence-electron chi connectivity index (χ1n) is 7.57. The molecule has 0 aliphatic carbocycles. The van der Waals surface area contributed by atoms with Gasteiger partial charge in [0.25, 0.3) is 0 Å². The van der Waals surface area contributed by atoms with E-state index in [9.17, 15) is 8.42 Å². The molecule has 2 aromatic heterocycles. The van der Waals surface area contributed by atoms with Crippen molar-refractivity contribution in [2.24, 2.45) is 5.92 Å². The van der Waals surface area contributed by atoms with Crippen LogP contribution in [0.3, 0.4) is 0 Å². The Kier molecular flexibility index (Phi) is 5.00. The van der Waals surface area contributed by atoms with E-state index < -0.39 is 10.0 Å². The van der Waals surface area contributed by atoms with Gasteiger partial charge in [-0.1, -0.05) is 6.07 Å². The van der Waals surface area contributed by atoms with Crippen molar-refractivity contribution in [1.29, 1.82) is 0 Å². The number of rotatable bonds is 5. The molecule has 0 saturated carbocycles. The van der Waals surface area contributed by atoms with E-state index in [1.54, 1.807) is 30.7 Å². The van der Waals surface area contributed by atoms with E-state index in [1.165, 1.54) is 6.20 Å². The largest absolute Gasteiger partial charge is 0.381 e. The number of nitrogens with zero attached hydrogens (tertiary/aromatic N) is 2. The van der Waals surface area contributed by atoms with Gasteiger partial charge in [0.15, 0.2) is 0 Å². The molecule has 0 bridgehead atoms. The molecule has 3 heterocycles. The smallest absolute Gasteiger partial charge is 0.242 e. The maximum absolute atomic E-state index is 12.7. The molecule has 2 aromatic rings. The highest BCUT2D eigenvalue weighted by Gasteiger charge is 2.30. The standard InChI is InChI=1S/C16H19N3O3S/c20-23(21,15-4-2-8-18-12-15)19-16(13-5-9-22-10-6-13)14-3-1-7-17-11-14/h1-4,7-8,11-13,16,19H,5-6,9-10H2/t16-/m1/s1. The molecule has 0 radical (unpaired) electrons. The number of pyridine rings is 2. The molecule has 6 nitrogen and oxygen atoms in total. The maximum atomic E-state index is 12.7. The average molecular weight is 333 g/mol. The van der Waals surface area contributed by atoms with Gasteiger partial charge >= 0.3 is 0 Å². The molecule has 3 rings (SSSR count). The summed E-state index contributed by atoms with van der Waals surface area (Å²) in [5, 5.41) is 0. The van der Waals surface area contributed by atoms with Crippen LogP contribution in [0.4, 0.5) is 0 Å². The monoisotopic (exact) mass is 333 g/mol. The average Bonchev–Trinajstić information content (AvgIpc) is 2.62. The van der Waals surface area contributed by atoms with Gasteiger partial charge in [0.05, 0.1) is 6.04 Å². The number of ether oxygens (including phenoxy) is 1. The van der Waals surface area contributed by atoms with Crippen molar-refractivity contribution < 1.29 is 13.2 Å². The van der Waals surface area contributed by atoms with Gasteiger partial charge in [-0.25, -0.2) is 13.1 Å². The molecular formula is C16H19N3O3S. The zero-order chi connectivity index (χ0) is 16.1. The molecule has 23 heavy (non-hydrogen) atoms. The van der Waals surface area contributed by atoms with Crippen molar-refractivity contribution in [3.8, 4) is 0 Å². The summed E-state index contributed by atoms with van der Waals surface area (Å²) in [6, 6.07) is 6.55. The fourth-order valence-corrected chi connectivity index (χ4v) is 4.04. The van der Waals surface area contributed by atoms with Crippen LogP contribution < -0.4 is 4.72 Å². The third-order valence-corrected chi connectivity index (χ3v) is 5.43. The van der Waals surface area contributed by atoms with Crippen LogP contribution in [0.2, 0.25) is 0 Å². The van der Waals surface area contributed by atoms with E-state index in [1.807, 2.05) is 12.1 Å². The molecule has 1 atom stereocenters. The van der Waals surface area contributed by atoms with Gasteiger partial charge in [-0.3, -0.25) is 9.97 Å². The highest BCUT2D eigenvalue weighted by atomic mass is 32.2. The minimum absolute atomic E-state index is 0.168. The van der Waals surface area contributed by atoms with Crippen molar-refractivity contribution in [2.75, 3.05) is 13.2 Å². The molecule has 1 aliphatic rings. The normalized spacial score (nSPS) is 17.7. The summed E-state index contributed by atoms with van der Waals surface area (Å²) in [5.41, 5.74) is 0.867. The van der Waals surface area contributed by atoms with E-state index in [0.717, 1.165) is 18.4 Å². The van der Waals surface area contributed by atoms with Crippen molar-refractivity contribution in [2.45, 2.75) is 23.8 Å². The molecule has 0 amide bonds. The molecule has 1 saturated heterocycles. The molecule has 0 aromatic carbocycles. The Hall–Kier alpha value is -1.83. The third kappa shape index (κ3) is 3.93. The van der Waals surface area contributed by atoms with Crippen molar-refractivity contribution in [1.82, 2.24) is 14.7 Å². The highest BCUT2D eigenvalue weighted by Crippen LogP contribution is 2.31.